The molecule has 0 saturated carbocycles. The fourth-order valence-corrected chi connectivity index (χ4v) is 4.70. The summed E-state index contributed by atoms with van der Waals surface area (Å²) >= 11 is 0. The molecule has 0 radical (unpaired) electrons. The monoisotopic (exact) mass is 455 g/mol. The van der Waals surface area contributed by atoms with Crippen LogP contribution in [0.4, 0.5) is 0 Å². The Morgan fingerprint density at radius 2 is 1.77 bits per heavy atom. The van der Waals surface area contributed by atoms with E-state index in [0.717, 1.165) is 43.6 Å². The fraction of sp³-hybridized carbons (Fsp3) is 0.0323. The maximum absolute atomic E-state index is 7.58. The highest BCUT2D eigenvalue weighted by Gasteiger charge is 2.18. The van der Waals surface area contributed by atoms with Crippen molar-refractivity contribution in [3.8, 4) is 22.8 Å². The smallest absolute Gasteiger partial charge is 0.178 e. The number of pyridine rings is 2. The lowest BCUT2D eigenvalue weighted by molar-refractivity contribution is 0.477. The first kappa shape index (κ1) is 16.8. The number of hydrogen-bond donors (Lipinski definition) is 0. The summed E-state index contributed by atoms with van der Waals surface area (Å²) < 4.78 is 35.5. The van der Waals surface area contributed by atoms with Crippen molar-refractivity contribution in [2.45, 2.75) is 6.85 Å². The molecule has 0 aliphatic heterocycles. The molecular weight excluding hydrogens is 432 g/mol. The first-order valence-corrected chi connectivity index (χ1v) is 11.3. The Bertz CT molecular complexity index is 1990. The van der Waals surface area contributed by atoms with Crippen molar-refractivity contribution in [1.29, 1.82) is 0 Å². The van der Waals surface area contributed by atoms with E-state index in [-0.39, 0.29) is 5.56 Å². The first-order valence-electron chi connectivity index (χ1n) is 12.8. The molecule has 0 fully saturated rings. The standard InChI is InChI=1S/C31H20N2O2/c1-19-11-14-26(33-18-19)21-6-4-8-22(16-21)34-28-17-25-23(13-12-20-7-5-15-32-30(20)25)29-24-9-2-3-10-27(24)35-31(28)29/h2-18H,1H3/i1D3. The predicted octanol–water partition coefficient (Wildman–Crippen LogP) is 8.45. The van der Waals surface area contributed by atoms with Gasteiger partial charge in [-0.2, -0.15) is 0 Å². The number of aromatic nitrogens is 2. The Morgan fingerprint density at radius 3 is 2.69 bits per heavy atom. The Morgan fingerprint density at radius 1 is 0.800 bits per heavy atom. The molecular formula is C31H20N2O2. The molecule has 0 spiro atoms. The van der Waals surface area contributed by atoms with E-state index in [1.54, 1.807) is 18.3 Å². The molecule has 0 saturated heterocycles. The van der Waals surface area contributed by atoms with Gasteiger partial charge in [0.15, 0.2) is 11.3 Å². The predicted molar refractivity (Wildman–Crippen MR) is 141 cm³/mol. The third-order valence-corrected chi connectivity index (χ3v) is 6.30. The van der Waals surface area contributed by atoms with E-state index in [0.29, 0.717) is 22.8 Å². The molecule has 0 amide bonds. The molecule has 3 aromatic heterocycles. The van der Waals surface area contributed by atoms with Crippen molar-refractivity contribution in [1.82, 2.24) is 9.97 Å². The van der Waals surface area contributed by atoms with E-state index in [2.05, 4.69) is 28.2 Å². The minimum Gasteiger partial charge on any atom is -0.453 e. The zero-order valence-electron chi connectivity index (χ0n) is 21.5. The number of hydrogen-bond acceptors (Lipinski definition) is 4. The average Bonchev–Trinajstić information content (AvgIpc) is 3.33. The van der Waals surface area contributed by atoms with Gasteiger partial charge >= 0.3 is 0 Å². The Kier molecular flexibility index (Phi) is 3.69. The second-order valence-electron chi connectivity index (χ2n) is 8.47. The maximum atomic E-state index is 7.58. The third-order valence-electron chi connectivity index (χ3n) is 6.30. The molecule has 4 nitrogen and oxygen atoms in total. The summed E-state index contributed by atoms with van der Waals surface area (Å²) in [5.74, 6) is 1.20. The van der Waals surface area contributed by atoms with Gasteiger partial charge in [-0.05, 0) is 54.2 Å². The minimum atomic E-state index is -2.19. The van der Waals surface area contributed by atoms with Crippen LogP contribution in [-0.4, -0.2) is 9.97 Å². The summed E-state index contributed by atoms with van der Waals surface area (Å²) in [6.07, 6.45) is 3.20. The maximum Gasteiger partial charge on any atom is 0.178 e. The summed E-state index contributed by atoms with van der Waals surface area (Å²) in [7, 11) is 0. The van der Waals surface area contributed by atoms with Crippen LogP contribution in [-0.2, 0) is 0 Å². The van der Waals surface area contributed by atoms with E-state index in [9.17, 15) is 0 Å². The number of aryl methyl sites for hydroxylation is 1. The van der Waals surface area contributed by atoms with Gasteiger partial charge < -0.3 is 9.15 Å². The molecule has 3 heterocycles. The van der Waals surface area contributed by atoms with Gasteiger partial charge in [0.2, 0.25) is 0 Å². The van der Waals surface area contributed by atoms with Gasteiger partial charge in [-0.3, -0.25) is 9.97 Å². The first-order chi connectivity index (χ1) is 18.5. The highest BCUT2D eigenvalue weighted by Crippen LogP contribution is 2.43. The van der Waals surface area contributed by atoms with Crippen LogP contribution in [0.25, 0.3) is 54.9 Å². The summed E-state index contributed by atoms with van der Waals surface area (Å²) in [5.41, 5.74) is 4.03. The van der Waals surface area contributed by atoms with Crippen LogP contribution in [0.2, 0.25) is 0 Å². The quantitative estimate of drug-likeness (QED) is 0.251. The lowest BCUT2D eigenvalue weighted by atomic mass is 10.0. The number of ether oxygens (including phenoxy) is 1. The van der Waals surface area contributed by atoms with Crippen LogP contribution in [0, 0.1) is 6.85 Å². The van der Waals surface area contributed by atoms with Crippen LogP contribution in [0.5, 0.6) is 11.5 Å². The summed E-state index contributed by atoms with van der Waals surface area (Å²) in [6, 6.07) is 29.0. The molecule has 166 valence electrons. The Hall–Kier alpha value is -4.70. The van der Waals surface area contributed by atoms with Gasteiger partial charge in [0, 0.05) is 43.6 Å². The van der Waals surface area contributed by atoms with Crippen molar-refractivity contribution in [2.24, 2.45) is 0 Å². The Balaban J connectivity index is 1.39. The largest absolute Gasteiger partial charge is 0.453 e. The molecule has 0 aliphatic rings. The van der Waals surface area contributed by atoms with Crippen molar-refractivity contribution in [3.05, 3.63) is 109 Å². The normalized spacial score (nSPS) is 13.2. The van der Waals surface area contributed by atoms with Crippen molar-refractivity contribution >= 4 is 43.6 Å². The molecule has 0 unspecified atom stereocenters. The number of nitrogens with zero attached hydrogens (tertiary/aromatic N) is 2. The molecule has 4 aromatic carbocycles. The highest BCUT2D eigenvalue weighted by atomic mass is 16.5. The molecule has 0 bridgehead atoms. The fourth-order valence-electron chi connectivity index (χ4n) is 4.70. The third kappa shape index (κ3) is 3.22. The van der Waals surface area contributed by atoms with E-state index >= 15 is 0 Å². The van der Waals surface area contributed by atoms with Gasteiger partial charge in [-0.15, -0.1) is 0 Å². The number of rotatable bonds is 3. The summed E-state index contributed by atoms with van der Waals surface area (Å²) in [4.78, 5) is 9.05. The molecule has 0 N–H and O–H groups in total. The lowest BCUT2D eigenvalue weighted by Crippen LogP contribution is -1.89. The summed E-state index contributed by atoms with van der Waals surface area (Å²) in [6.45, 7) is -2.19. The number of fused-ring (bicyclic) bond motifs is 7. The molecule has 0 atom stereocenters. The van der Waals surface area contributed by atoms with Crippen LogP contribution in [0.1, 0.15) is 9.68 Å². The van der Waals surface area contributed by atoms with Gasteiger partial charge in [0.05, 0.1) is 11.2 Å². The molecule has 0 aliphatic carbocycles. The molecule has 35 heavy (non-hydrogen) atoms. The van der Waals surface area contributed by atoms with Gasteiger partial charge in [-0.1, -0.05) is 54.6 Å². The van der Waals surface area contributed by atoms with E-state index in [4.69, 9.17) is 13.3 Å². The average molecular weight is 456 g/mol. The minimum absolute atomic E-state index is 0.206. The van der Waals surface area contributed by atoms with Gasteiger partial charge in [0.1, 0.15) is 11.3 Å². The topological polar surface area (TPSA) is 48.2 Å². The Labute approximate surface area is 205 Å². The van der Waals surface area contributed by atoms with Crippen LogP contribution in [0.3, 0.4) is 0 Å². The van der Waals surface area contributed by atoms with Gasteiger partial charge in [-0.25, -0.2) is 0 Å². The van der Waals surface area contributed by atoms with Gasteiger partial charge in [0.25, 0.3) is 0 Å². The SMILES string of the molecule is [2H]C([2H])([2H])c1ccc(-c2cccc(Oc3cc4c(ccc5cccnc54)c4c3oc3ccccc34)c2)nc1. The second kappa shape index (κ2) is 7.67. The molecule has 7 rings (SSSR count). The number of para-hydroxylation sites is 1. The van der Waals surface area contributed by atoms with Crippen molar-refractivity contribution < 1.29 is 13.3 Å². The zero-order valence-corrected chi connectivity index (χ0v) is 18.5. The highest BCUT2D eigenvalue weighted by molar-refractivity contribution is 6.24. The van der Waals surface area contributed by atoms with Crippen molar-refractivity contribution in [3.63, 3.8) is 0 Å². The summed E-state index contributed by atoms with van der Waals surface area (Å²) in [5, 5.41) is 5.08. The number of furan rings is 1. The number of benzene rings is 4. The van der Waals surface area contributed by atoms with E-state index in [1.165, 1.54) is 6.20 Å². The zero-order chi connectivity index (χ0) is 25.9. The van der Waals surface area contributed by atoms with Crippen molar-refractivity contribution in [2.75, 3.05) is 0 Å². The van der Waals surface area contributed by atoms with Crippen LogP contribution in [0.15, 0.2) is 108 Å². The van der Waals surface area contributed by atoms with E-state index in [1.807, 2.05) is 60.7 Å². The molecule has 7 aromatic rings. The lowest BCUT2D eigenvalue weighted by Gasteiger charge is -2.11. The second-order valence-corrected chi connectivity index (χ2v) is 8.47. The van der Waals surface area contributed by atoms with Crippen LogP contribution < -0.4 is 4.74 Å². The van der Waals surface area contributed by atoms with E-state index < -0.39 is 6.85 Å². The van der Waals surface area contributed by atoms with Crippen LogP contribution >= 0.6 is 0 Å². The molecule has 4 heteroatoms.